The van der Waals surface area contributed by atoms with Gasteiger partial charge < -0.3 is 70.2 Å². The van der Waals surface area contributed by atoms with E-state index < -0.39 is 117 Å². The molecule has 3 heterocycles. The number of carbonyl (C=O) groups excluding carboxylic acids is 5. The first-order valence-corrected chi connectivity index (χ1v) is 16.7. The van der Waals surface area contributed by atoms with Crippen LogP contribution in [0.3, 0.4) is 0 Å². The maximum absolute atomic E-state index is 11.7. The van der Waals surface area contributed by atoms with E-state index in [0.717, 1.165) is 0 Å². The van der Waals surface area contributed by atoms with Crippen molar-refractivity contribution in [2.45, 2.75) is 127 Å². The van der Waals surface area contributed by atoms with E-state index in [1.165, 1.54) is 13.8 Å². The van der Waals surface area contributed by atoms with Crippen LogP contribution in [0.2, 0.25) is 0 Å². The lowest BCUT2D eigenvalue weighted by molar-refractivity contribution is -0.270. The highest BCUT2D eigenvalue weighted by atomic mass is 19.1. The van der Waals surface area contributed by atoms with Gasteiger partial charge in [-0.15, -0.1) is 5.06 Å². The summed E-state index contributed by atoms with van der Waals surface area (Å²) in [6, 6.07) is -2.02. The Morgan fingerprint density at radius 2 is 1.17 bits per heavy atom. The highest BCUT2D eigenvalue weighted by molar-refractivity contribution is 6.01. The van der Waals surface area contributed by atoms with Crippen molar-refractivity contribution in [1.29, 1.82) is 0 Å². The molecule has 0 aromatic heterocycles. The Morgan fingerprint density at radius 1 is 0.774 bits per heavy atom. The number of hydrogen-bond donors (Lipinski definition) is 9. The second kappa shape index (κ2) is 24.8. The molecule has 3 saturated heterocycles. The van der Waals surface area contributed by atoms with Crippen molar-refractivity contribution in [3.63, 3.8) is 0 Å². The molecule has 0 aliphatic carbocycles. The Hall–Kier alpha value is -3.45. The average Bonchev–Trinajstić information content (AvgIpc) is 3.42. The summed E-state index contributed by atoms with van der Waals surface area (Å²) in [7, 11) is -1.00. The monoisotopic (exact) mass is 774 g/mol. The minimum Gasteiger partial charge on any atom is -0.481 e. The topological polar surface area (TPSA) is 317 Å². The molecule has 0 radical (unpaired) electrons. The molecule has 9 N–H and O–H groups in total. The number of alkyl halides is 1. The van der Waals surface area contributed by atoms with E-state index in [9.17, 15) is 58.7 Å². The summed E-state index contributed by atoms with van der Waals surface area (Å²) in [4.78, 5) is 72.1. The fourth-order valence-corrected chi connectivity index (χ4v) is 5.18. The summed E-state index contributed by atoms with van der Waals surface area (Å²) in [5.41, 5.74) is 0. The standard InChI is InChI=1S/C17H26N2O10.C13H23NO8.CH3F/c1-9(21)18-14-16(26)15(25)10(8-20)28-17(14)27-7-3-2-4-13(24)29-19-11(22)5-6-12(19)23;1-7(16)14-10-12(20)11(19)8(6-15)22-13(10)21-5-3-2-4-9(17)18;1-2/h10,14-17,20,25-26H,2-8H2,1H3,(H,18,21);8,10-13,15,19-20H,2-6H2,1H3,(H,14,16)(H,17,18);1H3/i;;1D. The number of aliphatic hydroxyl groups is 6. The third-order valence-corrected chi connectivity index (χ3v) is 7.82. The fourth-order valence-electron chi connectivity index (χ4n) is 5.18. The number of rotatable bonds is 17. The van der Waals surface area contributed by atoms with Gasteiger partial charge in [-0.2, -0.15) is 0 Å². The Bertz CT molecular complexity index is 1190. The number of aliphatic carboxylic acids is 1. The minimum atomic E-state index is -1.40. The predicted octanol–water partition coefficient (Wildman–Crippen LogP) is -3.49. The van der Waals surface area contributed by atoms with Crippen LogP contribution in [0.5, 0.6) is 0 Å². The van der Waals surface area contributed by atoms with Crippen molar-refractivity contribution in [1.82, 2.24) is 15.7 Å². The number of carboxylic acids is 1. The molecule has 306 valence electrons. The normalized spacial score (nSPS) is 29.8. The Morgan fingerprint density at radius 3 is 1.53 bits per heavy atom. The largest absolute Gasteiger partial charge is 0.481 e. The summed E-state index contributed by atoms with van der Waals surface area (Å²) < 4.78 is 37.2. The van der Waals surface area contributed by atoms with Crippen molar-refractivity contribution < 1.29 is 94.1 Å². The lowest BCUT2D eigenvalue weighted by atomic mass is 9.97. The number of unbranched alkanes of at least 4 members (excludes halogenated alkanes) is 2. The highest BCUT2D eigenvalue weighted by Gasteiger charge is 2.46. The third-order valence-electron chi connectivity index (χ3n) is 7.82. The number of aliphatic hydroxyl groups excluding tert-OH is 6. The van der Waals surface area contributed by atoms with Gasteiger partial charge in [-0.1, -0.05) is 0 Å². The fraction of sp³-hybridized carbons (Fsp3) is 0.806. The maximum Gasteiger partial charge on any atom is 0.333 e. The molecule has 3 aliphatic rings. The number of carbonyl (C=O) groups is 6. The van der Waals surface area contributed by atoms with Gasteiger partial charge in [0, 0.05) is 52.7 Å². The summed E-state index contributed by atoms with van der Waals surface area (Å²) in [5, 5.41) is 72.2. The van der Waals surface area contributed by atoms with Crippen LogP contribution in [0, 0.1) is 0 Å². The number of amides is 4. The zero-order valence-electron chi connectivity index (χ0n) is 30.4. The van der Waals surface area contributed by atoms with Gasteiger partial charge in [-0.3, -0.25) is 28.4 Å². The van der Waals surface area contributed by atoms with Crippen molar-refractivity contribution in [3.05, 3.63) is 0 Å². The molecule has 0 saturated carbocycles. The van der Waals surface area contributed by atoms with Gasteiger partial charge in [-0.05, 0) is 25.7 Å². The van der Waals surface area contributed by atoms with Gasteiger partial charge in [0.15, 0.2) is 12.6 Å². The zero-order chi connectivity index (χ0) is 41.0. The molecule has 10 unspecified atom stereocenters. The van der Waals surface area contributed by atoms with E-state index in [-0.39, 0.29) is 38.9 Å². The summed E-state index contributed by atoms with van der Waals surface area (Å²) in [6.07, 6.45) is -8.18. The SMILES string of the molecule is CC(=O)NC1C(OCCCCC(=O)O)OC(CO)C(O)C1O.CC(=O)NC1C(OCCCCC(=O)ON2C(=O)CCC2=O)OC(CO)C(O)C1O.[2H]CF. The lowest BCUT2D eigenvalue weighted by Crippen LogP contribution is -2.64. The number of ether oxygens (including phenoxy) is 4. The summed E-state index contributed by atoms with van der Waals surface area (Å²) in [5.74, 6) is -3.62. The molecule has 53 heavy (non-hydrogen) atoms. The molecule has 0 aromatic carbocycles. The second-order valence-electron chi connectivity index (χ2n) is 12.0. The number of carboxylic acid groups (broad SMARTS) is 1. The van der Waals surface area contributed by atoms with E-state index >= 15 is 0 Å². The molecule has 10 atom stereocenters. The first kappa shape index (κ1) is 45.7. The second-order valence-corrected chi connectivity index (χ2v) is 12.0. The Kier molecular flexibility index (Phi) is 21.4. The zero-order valence-corrected chi connectivity index (χ0v) is 29.4. The van der Waals surface area contributed by atoms with Gasteiger partial charge in [0.1, 0.15) is 48.7 Å². The van der Waals surface area contributed by atoms with Crippen molar-refractivity contribution >= 4 is 35.6 Å². The highest BCUT2D eigenvalue weighted by Crippen LogP contribution is 2.24. The first-order valence-electron chi connectivity index (χ1n) is 17.4. The molecule has 3 aliphatic heterocycles. The van der Waals surface area contributed by atoms with Crippen LogP contribution >= 0.6 is 0 Å². The molecule has 0 spiro atoms. The number of hydrogen-bond acceptors (Lipinski definition) is 17. The number of nitrogens with one attached hydrogen (secondary N) is 2. The van der Waals surface area contributed by atoms with E-state index in [4.69, 9.17) is 35.4 Å². The number of nitrogens with zero attached hydrogens (tertiary/aromatic N) is 1. The molecule has 0 aromatic rings. The minimum absolute atomic E-state index is 0.0185. The Labute approximate surface area is 305 Å². The van der Waals surface area contributed by atoms with Gasteiger partial charge in [-0.25, -0.2) is 4.79 Å². The summed E-state index contributed by atoms with van der Waals surface area (Å²) >= 11 is 0. The quantitative estimate of drug-likeness (QED) is 0.0512. The van der Waals surface area contributed by atoms with E-state index in [1.54, 1.807) is 0 Å². The molecule has 22 heteroatoms. The molecule has 21 nitrogen and oxygen atoms in total. The third kappa shape index (κ3) is 15.8. The maximum atomic E-state index is 11.7. The molecule has 3 rings (SSSR count). The van der Waals surface area contributed by atoms with Gasteiger partial charge >= 0.3 is 11.9 Å². The first-order chi connectivity index (χ1) is 25.5. The molecule has 3 fully saturated rings. The van der Waals surface area contributed by atoms with Gasteiger partial charge in [0.25, 0.3) is 11.8 Å². The number of imide groups is 1. The Balaban J connectivity index is 0.000000520. The molecule has 4 amide bonds. The van der Waals surface area contributed by atoms with Crippen LogP contribution in [0.15, 0.2) is 0 Å². The van der Waals surface area contributed by atoms with Crippen LogP contribution in [0.1, 0.15) is 66.6 Å². The van der Waals surface area contributed by atoms with Crippen LogP contribution in [0.4, 0.5) is 4.39 Å². The number of halogens is 1. The van der Waals surface area contributed by atoms with Crippen molar-refractivity contribution in [2.24, 2.45) is 0 Å². The van der Waals surface area contributed by atoms with Gasteiger partial charge in [0.05, 0.1) is 21.7 Å². The molecular weight excluding hydrogens is 721 g/mol. The van der Waals surface area contributed by atoms with Gasteiger partial charge in [0.2, 0.25) is 11.8 Å². The van der Waals surface area contributed by atoms with E-state index in [0.29, 0.717) is 30.7 Å². The van der Waals surface area contributed by atoms with E-state index in [2.05, 4.69) is 10.6 Å². The average molecular weight is 775 g/mol. The molecular formula is C31H52FN3O18. The van der Waals surface area contributed by atoms with Crippen LogP contribution in [-0.4, -0.2) is 171 Å². The predicted molar refractivity (Wildman–Crippen MR) is 172 cm³/mol. The lowest BCUT2D eigenvalue weighted by Gasteiger charge is -2.42. The van der Waals surface area contributed by atoms with Crippen molar-refractivity contribution in [2.75, 3.05) is 33.6 Å². The van der Waals surface area contributed by atoms with Crippen molar-refractivity contribution in [3.8, 4) is 0 Å². The number of hydroxylamine groups is 2. The summed E-state index contributed by atoms with van der Waals surface area (Å²) in [6.45, 7) is 1.66. The van der Waals surface area contributed by atoms with Crippen LogP contribution < -0.4 is 10.6 Å². The van der Waals surface area contributed by atoms with Crippen LogP contribution in [-0.2, 0) is 52.6 Å². The van der Waals surface area contributed by atoms with E-state index in [1.807, 2.05) is 0 Å². The van der Waals surface area contributed by atoms with Crippen LogP contribution in [0.25, 0.3) is 0 Å². The smallest absolute Gasteiger partial charge is 0.333 e. The molecule has 0 bridgehead atoms.